The third kappa shape index (κ3) is 1.36. The van der Waals surface area contributed by atoms with E-state index in [0.717, 1.165) is 25.3 Å². The van der Waals surface area contributed by atoms with E-state index >= 15 is 0 Å². The summed E-state index contributed by atoms with van der Waals surface area (Å²) in [4.78, 5) is 11.8. The maximum absolute atomic E-state index is 11.8. The minimum Gasteiger partial charge on any atom is -0.399 e. The molecule has 2 aliphatic rings. The van der Waals surface area contributed by atoms with Crippen molar-refractivity contribution in [1.29, 1.82) is 0 Å². The van der Waals surface area contributed by atoms with Crippen LogP contribution in [0.4, 0.5) is 5.69 Å². The van der Waals surface area contributed by atoms with Gasteiger partial charge in [0.2, 0.25) is 0 Å². The van der Waals surface area contributed by atoms with Crippen molar-refractivity contribution in [2.45, 2.75) is 18.9 Å². The average molecular weight is 205 g/mol. The number of piperidine rings is 1. The predicted molar refractivity (Wildman–Crippen MR) is 58.8 cm³/mol. The first-order chi connectivity index (χ1) is 7.24. The Morgan fingerprint density at radius 1 is 1.40 bits per heavy atom. The highest BCUT2D eigenvalue weighted by molar-refractivity contribution is 5.39. The molecule has 4 heteroatoms. The first-order valence-electron chi connectivity index (χ1n) is 5.45. The zero-order valence-corrected chi connectivity index (χ0v) is 8.57. The smallest absolute Gasteiger partial charge is 0.252 e. The number of pyridine rings is 1. The lowest BCUT2D eigenvalue weighted by molar-refractivity contribution is 0.257. The molecule has 1 fully saturated rings. The molecule has 4 nitrogen and oxygen atoms in total. The quantitative estimate of drug-likeness (QED) is 0.633. The molecule has 3 heterocycles. The number of nitrogens with two attached hydrogens (primary N) is 1. The zero-order valence-electron chi connectivity index (χ0n) is 8.57. The van der Waals surface area contributed by atoms with Crippen LogP contribution in [0.1, 0.15) is 18.0 Å². The summed E-state index contributed by atoms with van der Waals surface area (Å²) in [7, 11) is 0. The number of nitrogen functional groups attached to an aromatic ring is 1. The third-order valence-electron chi connectivity index (χ3n) is 3.48. The molecule has 1 aromatic rings. The predicted octanol–water partition coefficient (Wildman–Crippen LogP) is 0.137. The largest absolute Gasteiger partial charge is 0.399 e. The third-order valence-corrected chi connectivity index (χ3v) is 3.48. The summed E-state index contributed by atoms with van der Waals surface area (Å²) >= 11 is 0. The standard InChI is InChI=1S/C11H15N3O/c12-9-2-10-8-1-7(4-13-5-8)6-14(10)11(15)3-9/h2-3,7-8,13H,1,4-6,12H2/t7?,8-/m0/s1. The van der Waals surface area contributed by atoms with E-state index in [-0.39, 0.29) is 5.56 Å². The molecule has 1 saturated heterocycles. The fraction of sp³-hybridized carbons (Fsp3) is 0.545. The second-order valence-electron chi connectivity index (χ2n) is 4.62. The van der Waals surface area contributed by atoms with Gasteiger partial charge in [-0.2, -0.15) is 0 Å². The van der Waals surface area contributed by atoms with Gasteiger partial charge in [0.15, 0.2) is 0 Å². The minimum absolute atomic E-state index is 0.0570. The van der Waals surface area contributed by atoms with Crippen molar-refractivity contribution < 1.29 is 0 Å². The van der Waals surface area contributed by atoms with Crippen LogP contribution in [0.2, 0.25) is 0 Å². The van der Waals surface area contributed by atoms with E-state index in [2.05, 4.69) is 5.32 Å². The van der Waals surface area contributed by atoms with Gasteiger partial charge in [0.25, 0.3) is 5.56 Å². The lowest BCUT2D eigenvalue weighted by Crippen LogP contribution is -2.44. The second kappa shape index (κ2) is 3.10. The molecule has 2 atom stereocenters. The Labute approximate surface area is 88.1 Å². The number of fused-ring (bicyclic) bond motifs is 4. The molecule has 0 saturated carbocycles. The molecule has 3 N–H and O–H groups in total. The van der Waals surface area contributed by atoms with Gasteiger partial charge in [0, 0.05) is 36.5 Å². The van der Waals surface area contributed by atoms with Gasteiger partial charge in [-0.15, -0.1) is 0 Å². The van der Waals surface area contributed by atoms with Crippen molar-refractivity contribution in [2.24, 2.45) is 5.92 Å². The van der Waals surface area contributed by atoms with Crippen LogP contribution in [0.5, 0.6) is 0 Å². The SMILES string of the molecule is Nc1cc2n(c(=O)c1)CC1CNC[C@@H]2C1. The van der Waals surface area contributed by atoms with Gasteiger partial charge in [-0.05, 0) is 24.9 Å². The molecule has 15 heavy (non-hydrogen) atoms. The Hall–Kier alpha value is -1.29. The molecule has 2 aliphatic heterocycles. The van der Waals surface area contributed by atoms with E-state index in [1.54, 1.807) is 0 Å². The Balaban J connectivity index is 2.17. The van der Waals surface area contributed by atoms with Crippen LogP contribution in [-0.2, 0) is 6.54 Å². The maximum Gasteiger partial charge on any atom is 0.252 e. The molecule has 0 aliphatic carbocycles. The highest BCUT2D eigenvalue weighted by Gasteiger charge is 2.30. The molecule has 0 amide bonds. The monoisotopic (exact) mass is 205 g/mol. The average Bonchev–Trinajstić information content (AvgIpc) is 2.21. The van der Waals surface area contributed by atoms with Crippen LogP contribution in [0.25, 0.3) is 0 Å². The molecule has 1 aromatic heterocycles. The highest BCUT2D eigenvalue weighted by atomic mass is 16.1. The summed E-state index contributed by atoms with van der Waals surface area (Å²) in [5.74, 6) is 1.08. The first kappa shape index (κ1) is 8.97. The van der Waals surface area contributed by atoms with Crippen LogP contribution in [0.3, 0.4) is 0 Å². The summed E-state index contributed by atoms with van der Waals surface area (Å²) in [6.45, 7) is 2.85. The number of hydrogen-bond acceptors (Lipinski definition) is 3. The number of hydrogen-bond donors (Lipinski definition) is 2. The molecule has 0 radical (unpaired) electrons. The van der Waals surface area contributed by atoms with E-state index in [4.69, 9.17) is 5.73 Å². The molecular weight excluding hydrogens is 190 g/mol. The van der Waals surface area contributed by atoms with E-state index < -0.39 is 0 Å². The van der Waals surface area contributed by atoms with E-state index in [0.29, 0.717) is 17.5 Å². The summed E-state index contributed by atoms with van der Waals surface area (Å²) < 4.78 is 1.90. The summed E-state index contributed by atoms with van der Waals surface area (Å²) in [6.07, 6.45) is 1.19. The lowest BCUT2D eigenvalue weighted by atomic mass is 9.84. The number of nitrogens with one attached hydrogen (secondary N) is 1. The Morgan fingerprint density at radius 2 is 2.27 bits per heavy atom. The van der Waals surface area contributed by atoms with Crippen molar-refractivity contribution in [2.75, 3.05) is 18.8 Å². The van der Waals surface area contributed by atoms with Crippen LogP contribution >= 0.6 is 0 Å². The van der Waals surface area contributed by atoms with Crippen molar-refractivity contribution in [3.05, 3.63) is 28.2 Å². The highest BCUT2D eigenvalue weighted by Crippen LogP contribution is 2.32. The lowest BCUT2D eigenvalue weighted by Gasteiger charge is -2.37. The molecule has 0 aromatic carbocycles. The minimum atomic E-state index is 0.0570. The van der Waals surface area contributed by atoms with Gasteiger partial charge in [-0.3, -0.25) is 4.79 Å². The van der Waals surface area contributed by atoms with Crippen LogP contribution in [0, 0.1) is 5.92 Å². The van der Waals surface area contributed by atoms with Gasteiger partial charge in [-0.25, -0.2) is 0 Å². The normalized spacial score (nSPS) is 28.5. The fourth-order valence-electron chi connectivity index (χ4n) is 2.83. The van der Waals surface area contributed by atoms with Crippen LogP contribution < -0.4 is 16.6 Å². The molecular formula is C11H15N3O. The second-order valence-corrected chi connectivity index (χ2v) is 4.62. The molecule has 0 spiro atoms. The number of aromatic nitrogens is 1. The van der Waals surface area contributed by atoms with Gasteiger partial charge in [-0.1, -0.05) is 0 Å². The van der Waals surface area contributed by atoms with Crippen molar-refractivity contribution in [1.82, 2.24) is 9.88 Å². The van der Waals surface area contributed by atoms with Crippen molar-refractivity contribution in [3.63, 3.8) is 0 Å². The summed E-state index contributed by atoms with van der Waals surface area (Å²) in [6, 6.07) is 3.48. The van der Waals surface area contributed by atoms with E-state index in [1.807, 2.05) is 10.6 Å². The Bertz CT molecular complexity index is 452. The topological polar surface area (TPSA) is 60.0 Å². The van der Waals surface area contributed by atoms with Gasteiger partial charge in [0.1, 0.15) is 0 Å². The van der Waals surface area contributed by atoms with Gasteiger partial charge in [0.05, 0.1) is 0 Å². The molecule has 2 bridgehead atoms. The van der Waals surface area contributed by atoms with Crippen LogP contribution in [-0.4, -0.2) is 17.7 Å². The zero-order chi connectivity index (χ0) is 10.4. The number of nitrogens with zero attached hydrogens (tertiary/aromatic N) is 1. The van der Waals surface area contributed by atoms with E-state index in [9.17, 15) is 4.79 Å². The fourth-order valence-corrected chi connectivity index (χ4v) is 2.83. The van der Waals surface area contributed by atoms with Crippen molar-refractivity contribution in [3.8, 4) is 0 Å². The Kier molecular flexibility index (Phi) is 1.85. The van der Waals surface area contributed by atoms with Gasteiger partial charge >= 0.3 is 0 Å². The Morgan fingerprint density at radius 3 is 3.13 bits per heavy atom. The first-order valence-corrected chi connectivity index (χ1v) is 5.45. The molecule has 3 rings (SSSR count). The number of rotatable bonds is 0. The van der Waals surface area contributed by atoms with E-state index in [1.165, 1.54) is 12.5 Å². The molecule has 1 unspecified atom stereocenters. The summed E-state index contributed by atoms with van der Waals surface area (Å²) in [5.41, 5.74) is 7.48. The van der Waals surface area contributed by atoms with Gasteiger partial charge < -0.3 is 15.6 Å². The summed E-state index contributed by atoms with van der Waals surface area (Å²) in [5, 5.41) is 3.41. The number of anilines is 1. The molecule has 80 valence electrons. The van der Waals surface area contributed by atoms with Crippen molar-refractivity contribution >= 4 is 5.69 Å². The van der Waals surface area contributed by atoms with Crippen LogP contribution in [0.15, 0.2) is 16.9 Å². The maximum atomic E-state index is 11.8.